The molecule has 0 spiro atoms. The number of hydrogen-bond donors (Lipinski definition) is 2. The van der Waals surface area contributed by atoms with Gasteiger partial charge in [0.15, 0.2) is 10.7 Å². The minimum Gasteiger partial charge on any atom is -0.490 e. The molecule has 1 aromatic heterocycles. The van der Waals surface area contributed by atoms with Crippen molar-refractivity contribution in [2.75, 3.05) is 0 Å². The predicted molar refractivity (Wildman–Crippen MR) is 56.2 cm³/mol. The Kier molecular flexibility index (Phi) is 2.76. The molecule has 92 valence electrons. The van der Waals surface area contributed by atoms with Crippen molar-refractivity contribution >= 4 is 16.0 Å². The van der Waals surface area contributed by atoms with E-state index in [9.17, 15) is 13.2 Å². The highest BCUT2D eigenvalue weighted by Gasteiger charge is 2.25. The van der Waals surface area contributed by atoms with Crippen LogP contribution < -0.4 is 9.88 Å². The molecule has 7 nitrogen and oxygen atoms in total. The highest BCUT2D eigenvalue weighted by molar-refractivity contribution is 7.89. The van der Waals surface area contributed by atoms with Crippen LogP contribution in [0.15, 0.2) is 17.2 Å². The summed E-state index contributed by atoms with van der Waals surface area (Å²) in [6.07, 6.45) is 1.76. The van der Waals surface area contributed by atoms with E-state index in [1.165, 1.54) is 6.07 Å². The van der Waals surface area contributed by atoms with Crippen LogP contribution in [0.5, 0.6) is 5.75 Å². The summed E-state index contributed by atoms with van der Waals surface area (Å²) in [4.78, 5) is 14.2. The number of rotatable bonds is 4. The number of pyridine rings is 1. The van der Waals surface area contributed by atoms with Crippen molar-refractivity contribution in [3.05, 3.63) is 17.8 Å². The average molecular weight is 258 g/mol. The molecule has 17 heavy (non-hydrogen) atoms. The largest absolute Gasteiger partial charge is 0.490 e. The van der Waals surface area contributed by atoms with Crippen molar-refractivity contribution in [1.29, 1.82) is 0 Å². The molecule has 0 saturated heterocycles. The summed E-state index contributed by atoms with van der Waals surface area (Å²) < 4.78 is 27.6. The standard InChI is InChI=1S/C9H10N2O5S/c10-17(14,15)8-4-6(16-5-1-2-5)3-7(11-8)9(12)13/h3-5H,1-2H2,(H,12,13)(H2,10,14,15). The van der Waals surface area contributed by atoms with Gasteiger partial charge in [-0.25, -0.2) is 23.3 Å². The smallest absolute Gasteiger partial charge is 0.354 e. The van der Waals surface area contributed by atoms with Crippen LogP contribution in [0.1, 0.15) is 23.3 Å². The molecule has 0 atom stereocenters. The van der Waals surface area contributed by atoms with Crippen LogP contribution in [0.3, 0.4) is 0 Å². The van der Waals surface area contributed by atoms with Crippen molar-refractivity contribution in [3.8, 4) is 5.75 Å². The molecule has 1 aliphatic rings. The topological polar surface area (TPSA) is 120 Å². The molecule has 2 rings (SSSR count). The molecule has 0 bridgehead atoms. The number of aromatic nitrogens is 1. The first-order chi connectivity index (χ1) is 7.86. The van der Waals surface area contributed by atoms with E-state index < -0.39 is 26.7 Å². The third-order valence-electron chi connectivity index (χ3n) is 2.11. The Hall–Kier alpha value is -1.67. The highest BCUT2D eigenvalue weighted by atomic mass is 32.2. The second-order valence-corrected chi connectivity index (χ2v) is 5.20. The van der Waals surface area contributed by atoms with Crippen molar-refractivity contribution in [3.63, 3.8) is 0 Å². The number of sulfonamides is 1. The van der Waals surface area contributed by atoms with Crippen molar-refractivity contribution in [2.24, 2.45) is 5.14 Å². The number of nitrogens with zero attached hydrogens (tertiary/aromatic N) is 1. The molecule has 0 radical (unpaired) electrons. The number of primary sulfonamides is 1. The summed E-state index contributed by atoms with van der Waals surface area (Å²) >= 11 is 0. The molecular formula is C9H10N2O5S. The number of ether oxygens (including phenoxy) is 1. The quantitative estimate of drug-likeness (QED) is 0.782. The summed E-state index contributed by atoms with van der Waals surface area (Å²) in [5.41, 5.74) is -0.410. The number of hydrogen-bond acceptors (Lipinski definition) is 5. The van der Waals surface area contributed by atoms with Crippen molar-refractivity contribution in [1.82, 2.24) is 4.98 Å². The van der Waals surface area contributed by atoms with Gasteiger partial charge in [0.2, 0.25) is 0 Å². The van der Waals surface area contributed by atoms with E-state index >= 15 is 0 Å². The van der Waals surface area contributed by atoms with Gasteiger partial charge in [-0.3, -0.25) is 0 Å². The molecule has 0 amide bonds. The van der Waals surface area contributed by atoms with Gasteiger partial charge in [-0.05, 0) is 12.8 Å². The fourth-order valence-electron chi connectivity index (χ4n) is 1.18. The van der Waals surface area contributed by atoms with Crippen molar-refractivity contribution in [2.45, 2.75) is 24.0 Å². The first kappa shape index (κ1) is 11.8. The van der Waals surface area contributed by atoms with Gasteiger partial charge in [0, 0.05) is 12.1 Å². The summed E-state index contributed by atoms with van der Waals surface area (Å²) in [5.74, 6) is -1.18. The number of carboxylic acids is 1. The predicted octanol–water partition coefficient (Wildman–Crippen LogP) is -0.0316. The Morgan fingerprint density at radius 3 is 2.59 bits per heavy atom. The summed E-state index contributed by atoms with van der Waals surface area (Å²) in [6.45, 7) is 0. The zero-order valence-electron chi connectivity index (χ0n) is 8.66. The molecule has 1 fully saturated rings. The van der Waals surface area contributed by atoms with Crippen LogP contribution in [-0.4, -0.2) is 30.6 Å². The maximum atomic E-state index is 11.1. The Labute approximate surface area is 97.3 Å². The number of carbonyl (C=O) groups is 1. The lowest BCUT2D eigenvalue weighted by molar-refractivity contribution is 0.0689. The lowest BCUT2D eigenvalue weighted by atomic mass is 10.3. The fraction of sp³-hybridized carbons (Fsp3) is 0.333. The van der Waals surface area contributed by atoms with Crippen LogP contribution in [0.4, 0.5) is 0 Å². The molecule has 1 aromatic rings. The van der Waals surface area contributed by atoms with Gasteiger partial charge in [-0.2, -0.15) is 0 Å². The average Bonchev–Trinajstić information content (AvgIpc) is 2.99. The van der Waals surface area contributed by atoms with E-state index in [0.717, 1.165) is 18.9 Å². The van der Waals surface area contributed by atoms with Gasteiger partial charge in [0.05, 0.1) is 6.10 Å². The molecule has 1 heterocycles. The molecule has 8 heteroatoms. The fourth-order valence-corrected chi connectivity index (χ4v) is 1.69. The van der Waals surface area contributed by atoms with Crippen molar-refractivity contribution < 1.29 is 23.1 Å². The van der Waals surface area contributed by atoms with E-state index in [-0.39, 0.29) is 11.9 Å². The molecule has 1 aliphatic carbocycles. The van der Waals surface area contributed by atoms with Gasteiger partial charge in [-0.1, -0.05) is 0 Å². The normalized spacial score (nSPS) is 15.6. The van der Waals surface area contributed by atoms with Crippen LogP contribution in [-0.2, 0) is 10.0 Å². The molecule has 0 aliphatic heterocycles. The molecule has 1 saturated carbocycles. The molecule has 0 unspecified atom stereocenters. The van der Waals surface area contributed by atoms with Gasteiger partial charge >= 0.3 is 5.97 Å². The maximum absolute atomic E-state index is 11.1. The summed E-state index contributed by atoms with van der Waals surface area (Å²) in [5, 5.41) is 13.2. The van der Waals surface area contributed by atoms with E-state index in [1.807, 2.05) is 0 Å². The second kappa shape index (κ2) is 3.97. The molecule has 0 aromatic carbocycles. The van der Waals surface area contributed by atoms with Gasteiger partial charge in [0.25, 0.3) is 10.0 Å². The zero-order valence-corrected chi connectivity index (χ0v) is 9.48. The summed E-state index contributed by atoms with van der Waals surface area (Å²) in [7, 11) is -4.05. The lowest BCUT2D eigenvalue weighted by Crippen LogP contribution is -2.16. The van der Waals surface area contributed by atoms with E-state index in [1.54, 1.807) is 0 Å². The minimum atomic E-state index is -4.05. The first-order valence-electron chi connectivity index (χ1n) is 4.81. The SMILES string of the molecule is NS(=O)(=O)c1cc(OC2CC2)cc(C(=O)O)n1. The third kappa shape index (κ3) is 2.92. The van der Waals surface area contributed by atoms with E-state index in [0.29, 0.717) is 0 Å². The van der Waals surface area contributed by atoms with Crippen LogP contribution in [0.2, 0.25) is 0 Å². The first-order valence-corrected chi connectivity index (χ1v) is 6.36. The van der Waals surface area contributed by atoms with Gasteiger partial charge in [-0.15, -0.1) is 0 Å². The van der Waals surface area contributed by atoms with E-state index in [2.05, 4.69) is 4.98 Å². The summed E-state index contributed by atoms with van der Waals surface area (Å²) in [6, 6.07) is 2.30. The van der Waals surface area contributed by atoms with Crippen LogP contribution in [0, 0.1) is 0 Å². The van der Waals surface area contributed by atoms with E-state index in [4.69, 9.17) is 15.0 Å². The number of carboxylic acid groups (broad SMARTS) is 1. The van der Waals surface area contributed by atoms with Gasteiger partial charge < -0.3 is 9.84 Å². The number of nitrogens with two attached hydrogens (primary N) is 1. The zero-order chi connectivity index (χ0) is 12.6. The minimum absolute atomic E-state index is 0.0207. The van der Waals surface area contributed by atoms with Crippen LogP contribution in [0.25, 0.3) is 0 Å². The second-order valence-electron chi connectivity index (χ2n) is 3.69. The maximum Gasteiger partial charge on any atom is 0.354 e. The lowest BCUT2D eigenvalue weighted by Gasteiger charge is -2.07. The monoisotopic (exact) mass is 258 g/mol. The molecule has 3 N–H and O–H groups in total. The number of aromatic carboxylic acids is 1. The van der Waals surface area contributed by atoms with Gasteiger partial charge in [0.1, 0.15) is 5.75 Å². The Balaban J connectivity index is 2.44. The molecular weight excluding hydrogens is 248 g/mol. The Bertz CT molecular complexity index is 565. The Morgan fingerprint density at radius 1 is 1.47 bits per heavy atom. The van der Waals surface area contributed by atoms with Crippen LogP contribution >= 0.6 is 0 Å². The third-order valence-corrected chi connectivity index (χ3v) is 2.91. The Morgan fingerprint density at radius 2 is 2.12 bits per heavy atom. The highest BCUT2D eigenvalue weighted by Crippen LogP contribution is 2.28.